The Balaban J connectivity index is 1.64. The molecule has 3 aromatic carbocycles. The number of rotatable bonds is 6. The van der Waals surface area contributed by atoms with Crippen LogP contribution in [-0.4, -0.2) is 13.0 Å². The van der Waals surface area contributed by atoms with Crippen molar-refractivity contribution in [1.29, 1.82) is 0 Å². The van der Waals surface area contributed by atoms with E-state index in [1.165, 1.54) is 13.2 Å². The van der Waals surface area contributed by atoms with Crippen LogP contribution >= 0.6 is 0 Å². The van der Waals surface area contributed by atoms with Gasteiger partial charge < -0.3 is 14.8 Å². The Bertz CT molecular complexity index is 897. The highest BCUT2D eigenvalue weighted by atomic mass is 19.1. The van der Waals surface area contributed by atoms with Gasteiger partial charge in [0.1, 0.15) is 12.4 Å². The van der Waals surface area contributed by atoms with Crippen molar-refractivity contribution in [3.63, 3.8) is 0 Å². The van der Waals surface area contributed by atoms with Gasteiger partial charge in [0.05, 0.1) is 7.11 Å². The summed E-state index contributed by atoms with van der Waals surface area (Å²) in [5.41, 5.74) is 1.88. The molecule has 0 aliphatic rings. The molecule has 26 heavy (non-hydrogen) atoms. The van der Waals surface area contributed by atoms with Crippen molar-refractivity contribution in [1.82, 2.24) is 0 Å². The summed E-state index contributed by atoms with van der Waals surface area (Å²) in [7, 11) is 1.42. The van der Waals surface area contributed by atoms with E-state index in [-0.39, 0.29) is 18.3 Å². The Morgan fingerprint density at radius 2 is 1.81 bits per heavy atom. The van der Waals surface area contributed by atoms with Crippen LogP contribution in [0.5, 0.6) is 11.5 Å². The molecule has 0 fully saturated rings. The number of ether oxygens (including phenoxy) is 2. The van der Waals surface area contributed by atoms with Gasteiger partial charge in [-0.2, -0.15) is 0 Å². The highest BCUT2D eigenvalue weighted by Gasteiger charge is 2.07. The first-order valence-corrected chi connectivity index (χ1v) is 8.07. The van der Waals surface area contributed by atoms with Crippen LogP contribution in [0.1, 0.15) is 15.9 Å². The predicted octanol–water partition coefficient (Wildman–Crippen LogP) is 4.67. The molecule has 0 saturated heterocycles. The second kappa shape index (κ2) is 8.16. The summed E-state index contributed by atoms with van der Waals surface area (Å²) in [5, 5.41) is 2.83. The van der Waals surface area contributed by atoms with E-state index in [2.05, 4.69) is 5.32 Å². The van der Waals surface area contributed by atoms with Gasteiger partial charge in [0.2, 0.25) is 0 Å². The lowest BCUT2D eigenvalue weighted by atomic mass is 10.2. The number of halogens is 1. The van der Waals surface area contributed by atoms with Crippen molar-refractivity contribution < 1.29 is 18.7 Å². The van der Waals surface area contributed by atoms with Gasteiger partial charge in [0.15, 0.2) is 11.6 Å². The number of benzene rings is 3. The van der Waals surface area contributed by atoms with Crippen LogP contribution in [0.3, 0.4) is 0 Å². The minimum Gasteiger partial charge on any atom is -0.494 e. The Kier molecular flexibility index (Phi) is 5.49. The van der Waals surface area contributed by atoms with Crippen molar-refractivity contribution in [3.8, 4) is 11.5 Å². The average Bonchev–Trinajstić information content (AvgIpc) is 2.67. The molecule has 0 unspecified atom stereocenters. The molecular weight excluding hydrogens is 333 g/mol. The summed E-state index contributed by atoms with van der Waals surface area (Å²) >= 11 is 0. The molecule has 0 aliphatic carbocycles. The molecule has 0 radical (unpaired) electrons. The lowest BCUT2D eigenvalue weighted by Gasteiger charge is -2.10. The Morgan fingerprint density at radius 1 is 1.00 bits per heavy atom. The van der Waals surface area contributed by atoms with Gasteiger partial charge in [-0.1, -0.05) is 30.3 Å². The van der Waals surface area contributed by atoms with E-state index in [0.717, 1.165) is 0 Å². The van der Waals surface area contributed by atoms with Crippen molar-refractivity contribution in [2.24, 2.45) is 0 Å². The third-order valence-corrected chi connectivity index (χ3v) is 3.75. The molecular formula is C21H18FNO3. The second-order valence-corrected chi connectivity index (χ2v) is 5.61. The molecule has 0 bridgehead atoms. The van der Waals surface area contributed by atoms with Crippen molar-refractivity contribution >= 4 is 11.6 Å². The van der Waals surface area contributed by atoms with E-state index in [4.69, 9.17) is 9.47 Å². The van der Waals surface area contributed by atoms with Crippen LogP contribution in [0.4, 0.5) is 10.1 Å². The van der Waals surface area contributed by atoms with Gasteiger partial charge in [0, 0.05) is 17.3 Å². The molecule has 0 aliphatic heterocycles. The fourth-order valence-electron chi connectivity index (χ4n) is 2.42. The van der Waals surface area contributed by atoms with Crippen LogP contribution in [0.25, 0.3) is 0 Å². The third kappa shape index (κ3) is 4.39. The van der Waals surface area contributed by atoms with Crippen molar-refractivity contribution in [2.45, 2.75) is 6.61 Å². The highest BCUT2D eigenvalue weighted by molar-refractivity contribution is 6.04. The zero-order valence-electron chi connectivity index (χ0n) is 14.2. The summed E-state index contributed by atoms with van der Waals surface area (Å²) in [6.45, 7) is 0.205. The Labute approximate surface area is 151 Å². The van der Waals surface area contributed by atoms with Crippen LogP contribution in [0.2, 0.25) is 0 Å². The molecule has 3 aromatic rings. The van der Waals surface area contributed by atoms with E-state index in [1.807, 2.05) is 18.2 Å². The van der Waals surface area contributed by atoms with Crippen LogP contribution < -0.4 is 14.8 Å². The predicted molar refractivity (Wildman–Crippen MR) is 98.1 cm³/mol. The normalized spacial score (nSPS) is 10.2. The molecule has 0 heterocycles. The lowest BCUT2D eigenvalue weighted by Crippen LogP contribution is -2.11. The maximum atomic E-state index is 13.7. The second-order valence-electron chi connectivity index (χ2n) is 5.61. The van der Waals surface area contributed by atoms with Crippen molar-refractivity contribution in [2.75, 3.05) is 12.4 Å². The zero-order valence-corrected chi connectivity index (χ0v) is 14.2. The van der Waals surface area contributed by atoms with E-state index in [9.17, 15) is 9.18 Å². The zero-order chi connectivity index (χ0) is 18.4. The Hall–Kier alpha value is -3.34. The SMILES string of the molecule is COc1ccc(COc2cccc(NC(=O)c3ccccc3)c2)cc1F. The minimum absolute atomic E-state index is 0.194. The topological polar surface area (TPSA) is 47.6 Å². The molecule has 3 rings (SSSR count). The van der Waals surface area contributed by atoms with Crippen LogP contribution in [0, 0.1) is 5.82 Å². The first kappa shape index (κ1) is 17.5. The Morgan fingerprint density at radius 3 is 2.54 bits per heavy atom. The number of amides is 1. The molecule has 0 aromatic heterocycles. The smallest absolute Gasteiger partial charge is 0.255 e. The minimum atomic E-state index is -0.433. The summed E-state index contributed by atoms with van der Waals surface area (Å²) in [6, 6.07) is 20.7. The number of hydrogen-bond donors (Lipinski definition) is 1. The summed E-state index contributed by atoms with van der Waals surface area (Å²) in [6.07, 6.45) is 0. The molecule has 0 spiro atoms. The standard InChI is InChI=1S/C21H18FNO3/c1-25-20-11-10-15(12-19(20)22)14-26-18-9-5-8-17(13-18)23-21(24)16-6-3-2-4-7-16/h2-13H,14H2,1H3,(H,23,24). The average molecular weight is 351 g/mol. The van der Waals surface area contributed by atoms with E-state index < -0.39 is 5.82 Å². The van der Waals surface area contributed by atoms with Crippen molar-refractivity contribution in [3.05, 3.63) is 89.7 Å². The number of carbonyl (C=O) groups is 1. The largest absolute Gasteiger partial charge is 0.494 e. The van der Waals surface area contributed by atoms with Crippen LogP contribution in [-0.2, 0) is 6.61 Å². The molecule has 1 amide bonds. The molecule has 1 N–H and O–H groups in total. The summed E-state index contributed by atoms with van der Waals surface area (Å²) in [5.74, 6) is 0.143. The number of methoxy groups -OCH3 is 1. The molecule has 0 saturated carbocycles. The summed E-state index contributed by atoms with van der Waals surface area (Å²) < 4.78 is 24.3. The highest BCUT2D eigenvalue weighted by Crippen LogP contribution is 2.21. The van der Waals surface area contributed by atoms with Gasteiger partial charge in [-0.25, -0.2) is 4.39 Å². The van der Waals surface area contributed by atoms with Gasteiger partial charge >= 0.3 is 0 Å². The quantitative estimate of drug-likeness (QED) is 0.702. The number of anilines is 1. The first-order chi connectivity index (χ1) is 12.7. The number of nitrogens with one attached hydrogen (secondary N) is 1. The molecule has 5 heteroatoms. The third-order valence-electron chi connectivity index (χ3n) is 3.75. The van der Waals surface area contributed by atoms with E-state index in [1.54, 1.807) is 48.5 Å². The van der Waals surface area contributed by atoms with Gasteiger partial charge in [0.25, 0.3) is 5.91 Å². The van der Waals surface area contributed by atoms with Gasteiger partial charge in [-0.3, -0.25) is 4.79 Å². The number of hydrogen-bond acceptors (Lipinski definition) is 3. The first-order valence-electron chi connectivity index (χ1n) is 8.07. The van der Waals surface area contributed by atoms with Crippen LogP contribution in [0.15, 0.2) is 72.8 Å². The van der Waals surface area contributed by atoms with Gasteiger partial charge in [-0.05, 0) is 42.0 Å². The van der Waals surface area contributed by atoms with E-state index >= 15 is 0 Å². The fraction of sp³-hybridized carbons (Fsp3) is 0.0952. The molecule has 132 valence electrons. The maximum Gasteiger partial charge on any atom is 0.255 e. The monoisotopic (exact) mass is 351 g/mol. The molecule has 0 atom stereocenters. The van der Waals surface area contributed by atoms with E-state index in [0.29, 0.717) is 22.6 Å². The summed E-state index contributed by atoms with van der Waals surface area (Å²) in [4.78, 5) is 12.2. The number of carbonyl (C=O) groups excluding carboxylic acids is 1. The fourth-order valence-corrected chi connectivity index (χ4v) is 2.42. The van der Waals surface area contributed by atoms with Gasteiger partial charge in [-0.15, -0.1) is 0 Å². The lowest BCUT2D eigenvalue weighted by molar-refractivity contribution is 0.102. The molecule has 4 nitrogen and oxygen atoms in total. The maximum absolute atomic E-state index is 13.7.